The third-order valence-electron chi connectivity index (χ3n) is 5.31. The van der Waals surface area contributed by atoms with Gasteiger partial charge >= 0.3 is 0 Å². The molecule has 3 rings (SSSR count). The molecule has 0 radical (unpaired) electrons. The second-order valence-corrected chi connectivity index (χ2v) is 7.56. The summed E-state index contributed by atoms with van der Waals surface area (Å²) in [5.74, 6) is 0.737. The molecule has 166 valence electrons. The number of hydrogen-bond donors (Lipinski definition) is 2. The highest BCUT2D eigenvalue weighted by Crippen LogP contribution is 2.34. The number of nitrogens with one attached hydrogen (secondary N) is 2. The number of hydrogen-bond acceptors (Lipinski definition) is 6. The van der Waals surface area contributed by atoms with Gasteiger partial charge in [0.25, 0.3) is 5.91 Å². The van der Waals surface area contributed by atoms with Gasteiger partial charge in [0.2, 0.25) is 0 Å². The first kappa shape index (κ1) is 22.9. The summed E-state index contributed by atoms with van der Waals surface area (Å²) in [4.78, 5) is 26.4. The number of ether oxygens (including phenoxy) is 3. The van der Waals surface area contributed by atoms with Crippen LogP contribution >= 0.6 is 11.8 Å². The van der Waals surface area contributed by atoms with Crippen LogP contribution in [0.5, 0.6) is 11.5 Å². The summed E-state index contributed by atoms with van der Waals surface area (Å²) in [6.07, 6.45) is 3.80. The molecule has 2 aromatic rings. The van der Waals surface area contributed by atoms with Crippen molar-refractivity contribution in [1.82, 2.24) is 4.84 Å². The number of ketones is 1. The molecule has 1 amide bonds. The molecule has 0 bridgehead atoms. The predicted octanol–water partition coefficient (Wildman–Crippen LogP) is 4.27. The van der Waals surface area contributed by atoms with Crippen molar-refractivity contribution in [3.05, 3.63) is 53.6 Å². The van der Waals surface area contributed by atoms with Crippen LogP contribution < -0.4 is 19.6 Å². The highest BCUT2D eigenvalue weighted by atomic mass is 35.5. The van der Waals surface area contributed by atoms with Gasteiger partial charge in [-0.1, -0.05) is 6.07 Å². The number of halogens is 1. The molecular weight excluding hydrogens is 420 g/mol. The molecule has 0 saturated heterocycles. The zero-order valence-electron chi connectivity index (χ0n) is 17.7. The molecule has 1 aliphatic rings. The molecule has 2 N–H and O–H groups in total. The quantitative estimate of drug-likeness (QED) is 0.530. The number of amides is 1. The van der Waals surface area contributed by atoms with Crippen LogP contribution in [-0.4, -0.2) is 38.6 Å². The SMILES string of the molecule is COc1ccc(C(OC)C(=O)CNc2ccc(C(=O)NCl)cc2)cc1OC1CCCC1. The van der Waals surface area contributed by atoms with Crippen molar-refractivity contribution in [2.24, 2.45) is 0 Å². The Labute approximate surface area is 187 Å². The first-order valence-corrected chi connectivity index (χ1v) is 10.6. The van der Waals surface area contributed by atoms with E-state index in [0.29, 0.717) is 28.3 Å². The van der Waals surface area contributed by atoms with E-state index < -0.39 is 6.10 Å². The molecule has 0 aliphatic heterocycles. The van der Waals surface area contributed by atoms with E-state index in [0.717, 1.165) is 25.7 Å². The number of methoxy groups -OCH3 is 2. The van der Waals surface area contributed by atoms with Crippen molar-refractivity contribution in [2.45, 2.75) is 37.9 Å². The Morgan fingerprint density at radius 2 is 1.77 bits per heavy atom. The van der Waals surface area contributed by atoms with E-state index in [1.54, 1.807) is 37.4 Å². The fraction of sp³-hybridized carbons (Fsp3) is 0.391. The van der Waals surface area contributed by atoms with Crippen LogP contribution in [0.2, 0.25) is 0 Å². The first-order chi connectivity index (χ1) is 15.0. The van der Waals surface area contributed by atoms with Gasteiger partial charge in [0.1, 0.15) is 6.10 Å². The minimum atomic E-state index is -0.745. The molecule has 8 heteroatoms. The summed E-state index contributed by atoms with van der Waals surface area (Å²) in [5, 5.41) is 3.06. The number of benzene rings is 2. The molecule has 1 fully saturated rings. The number of Topliss-reactive ketones (excluding diaryl/α,β-unsaturated/α-hetero) is 1. The zero-order chi connectivity index (χ0) is 22.2. The minimum Gasteiger partial charge on any atom is -0.493 e. The molecule has 2 aromatic carbocycles. The van der Waals surface area contributed by atoms with Crippen LogP contribution in [0.4, 0.5) is 5.69 Å². The molecule has 1 aliphatic carbocycles. The van der Waals surface area contributed by atoms with Gasteiger partial charge in [0.05, 0.1) is 19.8 Å². The summed E-state index contributed by atoms with van der Waals surface area (Å²) < 4.78 is 17.1. The van der Waals surface area contributed by atoms with E-state index >= 15 is 0 Å². The highest BCUT2D eigenvalue weighted by Gasteiger charge is 2.23. The average molecular weight is 447 g/mol. The molecule has 1 saturated carbocycles. The van der Waals surface area contributed by atoms with E-state index in [1.807, 2.05) is 17.0 Å². The number of anilines is 1. The van der Waals surface area contributed by atoms with Crippen molar-refractivity contribution >= 4 is 29.2 Å². The number of rotatable bonds is 10. The normalized spacial score (nSPS) is 14.7. The van der Waals surface area contributed by atoms with Gasteiger partial charge in [-0.2, -0.15) is 0 Å². The van der Waals surface area contributed by atoms with E-state index in [9.17, 15) is 9.59 Å². The lowest BCUT2D eigenvalue weighted by Gasteiger charge is -2.20. The van der Waals surface area contributed by atoms with Gasteiger partial charge in [-0.25, -0.2) is 0 Å². The molecule has 0 aromatic heterocycles. The fourth-order valence-electron chi connectivity index (χ4n) is 3.66. The summed E-state index contributed by atoms with van der Waals surface area (Å²) in [6, 6.07) is 12.1. The molecule has 0 heterocycles. The van der Waals surface area contributed by atoms with Crippen LogP contribution in [0.3, 0.4) is 0 Å². The van der Waals surface area contributed by atoms with Gasteiger partial charge in [0.15, 0.2) is 17.3 Å². The zero-order valence-corrected chi connectivity index (χ0v) is 18.4. The Morgan fingerprint density at radius 3 is 2.39 bits per heavy atom. The Hall–Kier alpha value is -2.77. The van der Waals surface area contributed by atoms with Gasteiger partial charge in [-0.05, 0) is 67.6 Å². The van der Waals surface area contributed by atoms with Crippen molar-refractivity contribution in [3.63, 3.8) is 0 Å². The smallest absolute Gasteiger partial charge is 0.265 e. The van der Waals surface area contributed by atoms with E-state index in [-0.39, 0.29) is 24.3 Å². The third-order valence-corrected chi connectivity index (χ3v) is 5.49. The molecule has 31 heavy (non-hydrogen) atoms. The molecule has 0 spiro atoms. The lowest BCUT2D eigenvalue weighted by molar-refractivity contribution is -0.127. The maximum absolute atomic E-state index is 12.8. The summed E-state index contributed by atoms with van der Waals surface area (Å²) in [6.45, 7) is 0.0599. The van der Waals surface area contributed by atoms with Crippen molar-refractivity contribution in [3.8, 4) is 11.5 Å². The second-order valence-electron chi connectivity index (χ2n) is 7.37. The van der Waals surface area contributed by atoms with Gasteiger partial charge < -0.3 is 19.5 Å². The maximum atomic E-state index is 12.8. The first-order valence-electron chi connectivity index (χ1n) is 10.2. The lowest BCUT2D eigenvalue weighted by Crippen LogP contribution is -2.23. The lowest BCUT2D eigenvalue weighted by atomic mass is 10.0. The van der Waals surface area contributed by atoms with Crippen LogP contribution in [0.15, 0.2) is 42.5 Å². The molecule has 7 nitrogen and oxygen atoms in total. The topological polar surface area (TPSA) is 85.9 Å². The third kappa shape index (κ3) is 5.89. The van der Waals surface area contributed by atoms with Crippen molar-refractivity contribution in [1.29, 1.82) is 0 Å². The molecule has 1 unspecified atom stereocenters. The maximum Gasteiger partial charge on any atom is 0.265 e. The molecular formula is C23H27ClN2O5. The largest absolute Gasteiger partial charge is 0.493 e. The minimum absolute atomic E-state index is 0.0599. The fourth-order valence-corrected chi connectivity index (χ4v) is 3.77. The Morgan fingerprint density at radius 1 is 1.06 bits per heavy atom. The van der Waals surface area contributed by atoms with Crippen LogP contribution in [0.25, 0.3) is 0 Å². The van der Waals surface area contributed by atoms with Gasteiger partial charge in [-0.3, -0.25) is 14.4 Å². The highest BCUT2D eigenvalue weighted by molar-refractivity contribution is 6.24. The van der Waals surface area contributed by atoms with Crippen molar-refractivity contribution < 1.29 is 23.8 Å². The Balaban J connectivity index is 1.67. The second kappa shape index (κ2) is 11.0. The predicted molar refractivity (Wildman–Crippen MR) is 119 cm³/mol. The average Bonchev–Trinajstić information content (AvgIpc) is 3.31. The van der Waals surface area contributed by atoms with Crippen LogP contribution in [0, 0.1) is 0 Å². The van der Waals surface area contributed by atoms with Crippen LogP contribution in [-0.2, 0) is 9.53 Å². The van der Waals surface area contributed by atoms with E-state index in [4.69, 9.17) is 26.0 Å². The van der Waals surface area contributed by atoms with Gasteiger partial charge in [0, 0.05) is 30.1 Å². The van der Waals surface area contributed by atoms with Gasteiger partial charge in [-0.15, -0.1) is 0 Å². The summed E-state index contributed by atoms with van der Waals surface area (Å²) >= 11 is 5.32. The number of carbonyl (C=O) groups is 2. The standard InChI is InChI=1S/C23H27ClN2O5/c1-29-20-12-9-16(13-21(20)31-18-5-3-4-6-18)22(30-2)19(27)14-25-17-10-7-15(8-11-17)23(28)26-24/h7-13,18,22,25H,3-6,14H2,1-2H3,(H,26,28). The van der Waals surface area contributed by atoms with Crippen LogP contribution in [0.1, 0.15) is 47.7 Å². The van der Waals surface area contributed by atoms with Crippen molar-refractivity contribution in [2.75, 3.05) is 26.1 Å². The monoisotopic (exact) mass is 446 g/mol. The number of carbonyl (C=O) groups excluding carboxylic acids is 2. The summed E-state index contributed by atoms with van der Waals surface area (Å²) in [5.41, 5.74) is 1.83. The Bertz CT molecular complexity index is 897. The van der Waals surface area contributed by atoms with E-state index in [1.165, 1.54) is 7.11 Å². The van der Waals surface area contributed by atoms with E-state index in [2.05, 4.69) is 5.32 Å². The Kier molecular flexibility index (Phi) is 8.14. The molecule has 1 atom stereocenters. The summed E-state index contributed by atoms with van der Waals surface area (Å²) in [7, 11) is 3.10.